The molecule has 1 saturated carbocycles. The number of aromatic nitrogens is 4. The predicted octanol–water partition coefficient (Wildman–Crippen LogP) is 2.71. The summed E-state index contributed by atoms with van der Waals surface area (Å²) in [6.45, 7) is 1.36. The molecule has 7 heteroatoms. The Morgan fingerprint density at radius 2 is 2.04 bits per heavy atom. The quantitative estimate of drug-likeness (QED) is 0.550. The van der Waals surface area contributed by atoms with Crippen molar-refractivity contribution < 1.29 is 14.7 Å². The van der Waals surface area contributed by atoms with Crippen LogP contribution in [0.3, 0.4) is 0 Å². The fourth-order valence-electron chi connectivity index (χ4n) is 2.48. The van der Waals surface area contributed by atoms with Crippen LogP contribution in [0.4, 0.5) is 0 Å². The summed E-state index contributed by atoms with van der Waals surface area (Å²) in [6, 6.07) is 7.55. The number of hydrogen-bond acceptors (Lipinski definition) is 4. The first-order valence-corrected chi connectivity index (χ1v) is 8.34. The van der Waals surface area contributed by atoms with Gasteiger partial charge in [-0.05, 0) is 46.8 Å². The maximum atomic E-state index is 9.22. The van der Waals surface area contributed by atoms with Crippen molar-refractivity contribution in [2.24, 2.45) is 5.92 Å². The Kier molecular flexibility index (Phi) is 3.65. The molecule has 3 aromatic rings. The molecule has 0 radical (unpaired) electrons. The van der Waals surface area contributed by atoms with E-state index in [2.05, 4.69) is 26.2 Å². The van der Waals surface area contributed by atoms with Crippen LogP contribution >= 0.6 is 15.9 Å². The van der Waals surface area contributed by atoms with Crippen LogP contribution in [0.25, 0.3) is 11.0 Å². The molecule has 0 saturated heterocycles. The molecule has 0 spiro atoms. The van der Waals surface area contributed by atoms with E-state index in [1.54, 1.807) is 24.5 Å². The highest BCUT2D eigenvalue weighted by atomic mass is 79.9. The number of ether oxygens (including phenoxy) is 1. The number of nitrogens with zero attached hydrogens (tertiary/aromatic N) is 4. The summed E-state index contributed by atoms with van der Waals surface area (Å²) >= 11 is 3.58. The zero-order chi connectivity index (χ0) is 15.8. The maximum absolute atomic E-state index is 9.22. The van der Waals surface area contributed by atoms with Crippen LogP contribution in [0.5, 0.6) is 5.75 Å². The Morgan fingerprint density at radius 1 is 1.26 bits per heavy atom. The molecule has 1 N–H and O–H groups in total. The van der Waals surface area contributed by atoms with Gasteiger partial charge in [-0.15, -0.1) is 5.10 Å². The number of hydrogen-bond donors (Lipinski definition) is 1. The fraction of sp³-hybridized carbons (Fsp3) is 0.312. The molecule has 1 aliphatic rings. The predicted molar refractivity (Wildman–Crippen MR) is 86.1 cm³/mol. The standard InChI is InChI=1S/C16H16BrN4O2/c17-15-14(23-10-12-5-7-20(22)8-6-12)4-3-13-16(15)18-19-21(13)9-11-1-2-11/h3-8,11,22H,1-2,9-10H2/q+1. The molecule has 118 valence electrons. The topological polar surface area (TPSA) is 64.1 Å². The van der Waals surface area contributed by atoms with Crippen molar-refractivity contribution in [1.82, 2.24) is 15.0 Å². The minimum Gasteiger partial charge on any atom is -0.488 e. The lowest BCUT2D eigenvalue weighted by molar-refractivity contribution is -0.904. The van der Waals surface area contributed by atoms with Gasteiger partial charge in [0.05, 0.1) is 9.99 Å². The van der Waals surface area contributed by atoms with Crippen LogP contribution in [-0.4, -0.2) is 20.2 Å². The van der Waals surface area contributed by atoms with Crippen molar-refractivity contribution in [2.75, 3.05) is 0 Å². The first-order chi connectivity index (χ1) is 11.2. The van der Waals surface area contributed by atoms with Gasteiger partial charge in [0, 0.05) is 29.0 Å². The summed E-state index contributed by atoms with van der Waals surface area (Å²) in [5.74, 6) is 1.48. The average Bonchev–Trinajstić information content (AvgIpc) is 3.28. The summed E-state index contributed by atoms with van der Waals surface area (Å²) in [6.07, 6.45) is 5.71. The molecule has 0 bridgehead atoms. The second kappa shape index (κ2) is 5.81. The maximum Gasteiger partial charge on any atom is 0.222 e. The van der Waals surface area contributed by atoms with Crippen molar-refractivity contribution >= 4 is 27.0 Å². The Bertz CT molecular complexity index is 843. The molecule has 23 heavy (non-hydrogen) atoms. The molecule has 1 fully saturated rings. The summed E-state index contributed by atoms with van der Waals surface area (Å²) in [4.78, 5) is 0. The summed E-state index contributed by atoms with van der Waals surface area (Å²) in [5.41, 5.74) is 2.82. The highest BCUT2D eigenvalue weighted by Gasteiger charge is 2.23. The van der Waals surface area contributed by atoms with E-state index in [0.29, 0.717) is 6.61 Å². The van der Waals surface area contributed by atoms with E-state index in [9.17, 15) is 5.21 Å². The first kappa shape index (κ1) is 14.4. The van der Waals surface area contributed by atoms with Crippen LogP contribution in [0.15, 0.2) is 41.1 Å². The largest absolute Gasteiger partial charge is 0.488 e. The fourth-order valence-corrected chi connectivity index (χ4v) is 3.01. The molecule has 1 aliphatic carbocycles. The molecular formula is C16H16BrN4O2+. The molecule has 4 rings (SSSR count). The van der Waals surface area contributed by atoms with E-state index in [1.807, 2.05) is 16.8 Å². The third-order valence-electron chi connectivity index (χ3n) is 4.00. The Balaban J connectivity index is 1.55. The van der Waals surface area contributed by atoms with Crippen LogP contribution in [0.1, 0.15) is 18.4 Å². The Morgan fingerprint density at radius 3 is 2.78 bits per heavy atom. The van der Waals surface area contributed by atoms with Crippen LogP contribution in [0, 0.1) is 5.92 Å². The number of fused-ring (bicyclic) bond motifs is 1. The summed E-state index contributed by atoms with van der Waals surface area (Å²) in [5, 5.41) is 17.8. The van der Waals surface area contributed by atoms with Crippen LogP contribution < -0.4 is 9.47 Å². The van der Waals surface area contributed by atoms with E-state index in [-0.39, 0.29) is 0 Å². The second-order valence-corrected chi connectivity index (χ2v) is 6.63. The van der Waals surface area contributed by atoms with Gasteiger partial charge in [-0.3, -0.25) is 5.21 Å². The van der Waals surface area contributed by atoms with Crippen molar-refractivity contribution in [2.45, 2.75) is 26.0 Å². The lowest BCUT2D eigenvalue weighted by Gasteiger charge is -2.08. The van der Waals surface area contributed by atoms with Gasteiger partial charge in [0.15, 0.2) is 0 Å². The number of halogens is 1. The van der Waals surface area contributed by atoms with Gasteiger partial charge in [0.25, 0.3) is 0 Å². The van der Waals surface area contributed by atoms with Gasteiger partial charge in [-0.1, -0.05) is 5.21 Å². The van der Waals surface area contributed by atoms with E-state index in [1.165, 1.54) is 12.8 Å². The number of rotatable bonds is 5. The van der Waals surface area contributed by atoms with Gasteiger partial charge in [0.2, 0.25) is 12.4 Å². The number of benzene rings is 1. The zero-order valence-electron chi connectivity index (χ0n) is 12.4. The summed E-state index contributed by atoms with van der Waals surface area (Å²) < 4.78 is 9.66. The average molecular weight is 376 g/mol. The lowest BCUT2D eigenvalue weighted by atomic mass is 10.2. The van der Waals surface area contributed by atoms with Gasteiger partial charge >= 0.3 is 0 Å². The molecule has 0 aliphatic heterocycles. The number of pyridine rings is 1. The molecule has 2 heterocycles. The van der Waals surface area contributed by atoms with Crippen molar-refractivity contribution in [3.8, 4) is 5.75 Å². The normalized spacial score (nSPS) is 14.3. The Labute approximate surface area is 141 Å². The van der Waals surface area contributed by atoms with Gasteiger partial charge in [-0.2, -0.15) is 0 Å². The molecule has 2 aromatic heterocycles. The minimum absolute atomic E-state index is 0.418. The monoisotopic (exact) mass is 375 g/mol. The van der Waals surface area contributed by atoms with Crippen molar-refractivity contribution in [3.05, 3.63) is 46.7 Å². The van der Waals surface area contributed by atoms with Crippen molar-refractivity contribution in [3.63, 3.8) is 0 Å². The second-order valence-electron chi connectivity index (χ2n) is 5.84. The van der Waals surface area contributed by atoms with Gasteiger partial charge in [0.1, 0.15) is 17.9 Å². The molecule has 0 unspecified atom stereocenters. The molecular weight excluding hydrogens is 360 g/mol. The Hall–Kier alpha value is -2.15. The van der Waals surface area contributed by atoms with Crippen LogP contribution in [0.2, 0.25) is 0 Å². The SMILES string of the molecule is O[n+]1ccc(COc2ccc3c(nnn3CC3CC3)c2Br)cc1. The van der Waals surface area contributed by atoms with E-state index >= 15 is 0 Å². The first-order valence-electron chi connectivity index (χ1n) is 7.54. The summed E-state index contributed by atoms with van der Waals surface area (Å²) in [7, 11) is 0. The van der Waals surface area contributed by atoms with Crippen LogP contribution in [-0.2, 0) is 13.2 Å². The smallest absolute Gasteiger partial charge is 0.222 e. The zero-order valence-corrected chi connectivity index (χ0v) is 14.0. The van der Waals surface area contributed by atoms with E-state index < -0.39 is 0 Å². The third kappa shape index (κ3) is 3.01. The molecule has 0 atom stereocenters. The molecule has 1 aromatic carbocycles. The van der Waals surface area contributed by atoms with Crippen molar-refractivity contribution in [1.29, 1.82) is 0 Å². The van der Waals surface area contributed by atoms with E-state index in [0.717, 1.165) is 44.0 Å². The molecule has 6 nitrogen and oxygen atoms in total. The van der Waals surface area contributed by atoms with Gasteiger partial charge < -0.3 is 4.74 Å². The molecule has 0 amide bonds. The van der Waals surface area contributed by atoms with Gasteiger partial charge in [-0.25, -0.2) is 4.68 Å². The highest BCUT2D eigenvalue weighted by molar-refractivity contribution is 9.10. The minimum atomic E-state index is 0.418. The highest BCUT2D eigenvalue weighted by Crippen LogP contribution is 2.35. The lowest BCUT2D eigenvalue weighted by Crippen LogP contribution is -2.28. The van der Waals surface area contributed by atoms with E-state index in [4.69, 9.17) is 4.74 Å². The third-order valence-corrected chi connectivity index (χ3v) is 4.76.